The summed E-state index contributed by atoms with van der Waals surface area (Å²) in [6.45, 7) is 7.50. The number of rotatable bonds is 5. The van der Waals surface area contributed by atoms with Gasteiger partial charge in [-0.25, -0.2) is 0 Å². The molecule has 0 radical (unpaired) electrons. The molecule has 0 aliphatic heterocycles. The number of hydrogen-bond acceptors (Lipinski definition) is 2. The van der Waals surface area contributed by atoms with Gasteiger partial charge in [-0.2, -0.15) is 0 Å². The predicted molar refractivity (Wildman–Crippen MR) is 55.3 cm³/mol. The molecule has 0 spiro atoms. The van der Waals surface area contributed by atoms with E-state index in [-0.39, 0.29) is 0 Å². The molecule has 0 aliphatic carbocycles. The third-order valence-electron chi connectivity index (χ3n) is 2.06. The molecule has 0 aromatic heterocycles. The minimum Gasteiger partial charge on any atom is -0.299 e. The van der Waals surface area contributed by atoms with E-state index >= 15 is 0 Å². The fraction of sp³-hybridized carbons (Fsp3) is 0.889. The molecule has 0 bridgehead atoms. The minimum absolute atomic E-state index is 0.514. The maximum Gasteiger partial charge on any atom is 0.0405 e. The third-order valence-corrected chi connectivity index (χ3v) is 2.33. The largest absolute Gasteiger partial charge is 0.299 e. The summed E-state index contributed by atoms with van der Waals surface area (Å²) in [5.74, 6) is 0. The Morgan fingerprint density at radius 3 is 2.27 bits per heavy atom. The van der Waals surface area contributed by atoms with E-state index in [0.717, 1.165) is 11.4 Å². The number of hydrogen-bond donors (Lipinski definition) is 0. The molecule has 0 aliphatic rings. The lowest BCUT2D eigenvalue weighted by Gasteiger charge is -2.25. The highest BCUT2D eigenvalue weighted by molar-refractivity contribution is 7.80. The summed E-state index contributed by atoms with van der Waals surface area (Å²) in [7, 11) is 2.14. The summed E-state index contributed by atoms with van der Waals surface area (Å²) in [4.78, 5) is 3.43. The van der Waals surface area contributed by atoms with Crippen LogP contribution in [0.5, 0.6) is 0 Å². The fourth-order valence-electron chi connectivity index (χ4n) is 1.23. The van der Waals surface area contributed by atoms with Crippen LogP contribution in [0.15, 0.2) is 0 Å². The summed E-state index contributed by atoms with van der Waals surface area (Å²) in [5.41, 5.74) is 0. The van der Waals surface area contributed by atoms with E-state index < -0.39 is 0 Å². The van der Waals surface area contributed by atoms with Gasteiger partial charge in [0.25, 0.3) is 0 Å². The summed E-state index contributed by atoms with van der Waals surface area (Å²) in [6, 6.07) is 0.514. The zero-order valence-corrected chi connectivity index (χ0v) is 8.87. The highest BCUT2D eigenvalue weighted by Crippen LogP contribution is 2.06. The van der Waals surface area contributed by atoms with Crippen LogP contribution in [-0.4, -0.2) is 29.4 Å². The van der Waals surface area contributed by atoms with Crippen LogP contribution in [0.1, 0.15) is 33.6 Å². The molecule has 0 rings (SSSR count). The first-order valence-corrected chi connectivity index (χ1v) is 4.75. The van der Waals surface area contributed by atoms with Gasteiger partial charge in [0, 0.05) is 10.9 Å². The van der Waals surface area contributed by atoms with Gasteiger partial charge in [0.15, 0.2) is 0 Å². The average molecular weight is 173 g/mol. The van der Waals surface area contributed by atoms with Gasteiger partial charge in [-0.3, -0.25) is 4.90 Å². The first kappa shape index (κ1) is 11.1. The lowest BCUT2D eigenvalue weighted by molar-refractivity contribution is 0.300. The van der Waals surface area contributed by atoms with Crippen LogP contribution in [0, 0.1) is 0 Å². The molecule has 11 heavy (non-hydrogen) atoms. The third kappa shape index (κ3) is 3.82. The Kier molecular flexibility index (Phi) is 5.69. The average Bonchev–Trinajstić information content (AvgIpc) is 1.98. The molecule has 66 valence electrons. The molecular formula is C9H19NS. The van der Waals surface area contributed by atoms with Gasteiger partial charge in [-0.15, -0.1) is 0 Å². The molecule has 2 heteroatoms. The van der Waals surface area contributed by atoms with E-state index in [4.69, 9.17) is 12.2 Å². The smallest absolute Gasteiger partial charge is 0.0405 e. The van der Waals surface area contributed by atoms with Crippen LogP contribution in [0.4, 0.5) is 0 Å². The second kappa shape index (κ2) is 5.67. The van der Waals surface area contributed by atoms with Crippen LogP contribution in [0.3, 0.4) is 0 Å². The highest BCUT2D eigenvalue weighted by Gasteiger charge is 2.13. The minimum atomic E-state index is 0.514. The van der Waals surface area contributed by atoms with E-state index in [9.17, 15) is 0 Å². The van der Waals surface area contributed by atoms with Crippen molar-refractivity contribution >= 4 is 17.1 Å². The van der Waals surface area contributed by atoms with Gasteiger partial charge in [0.1, 0.15) is 0 Å². The van der Waals surface area contributed by atoms with Crippen molar-refractivity contribution in [1.29, 1.82) is 0 Å². The van der Waals surface area contributed by atoms with Crippen molar-refractivity contribution in [3.8, 4) is 0 Å². The molecule has 0 aromatic carbocycles. The first-order chi connectivity index (χ1) is 5.13. The van der Waals surface area contributed by atoms with Crippen molar-refractivity contribution in [3.63, 3.8) is 0 Å². The van der Waals surface area contributed by atoms with Crippen molar-refractivity contribution < 1.29 is 0 Å². The van der Waals surface area contributed by atoms with Gasteiger partial charge >= 0.3 is 0 Å². The van der Waals surface area contributed by atoms with Crippen molar-refractivity contribution in [2.75, 3.05) is 13.6 Å². The topological polar surface area (TPSA) is 3.24 Å². The van der Waals surface area contributed by atoms with E-state index in [0.29, 0.717) is 6.04 Å². The van der Waals surface area contributed by atoms with Crippen molar-refractivity contribution in [1.82, 2.24) is 4.90 Å². The number of thiocarbonyl (C=S) groups is 1. The molecule has 0 N–H and O–H groups in total. The van der Waals surface area contributed by atoms with E-state index in [1.807, 2.05) is 6.92 Å². The van der Waals surface area contributed by atoms with Crippen LogP contribution in [-0.2, 0) is 0 Å². The van der Waals surface area contributed by atoms with Gasteiger partial charge in [0.05, 0.1) is 0 Å². The van der Waals surface area contributed by atoms with Gasteiger partial charge in [0.2, 0.25) is 0 Å². The summed E-state index contributed by atoms with van der Waals surface area (Å²) < 4.78 is 0. The fourth-order valence-corrected chi connectivity index (χ4v) is 1.53. The Labute approximate surface area is 75.8 Å². The molecular weight excluding hydrogens is 154 g/mol. The normalized spacial score (nSPS) is 13.5. The van der Waals surface area contributed by atoms with Crippen molar-refractivity contribution in [2.24, 2.45) is 0 Å². The van der Waals surface area contributed by atoms with E-state index in [2.05, 4.69) is 25.8 Å². The second-order valence-electron chi connectivity index (χ2n) is 2.99. The molecule has 0 heterocycles. The van der Waals surface area contributed by atoms with Crippen LogP contribution < -0.4 is 0 Å². The summed E-state index contributed by atoms with van der Waals surface area (Å²) in [6.07, 6.45) is 2.41. The van der Waals surface area contributed by atoms with E-state index in [1.54, 1.807) is 0 Å². The molecule has 1 nitrogen and oxygen atoms in total. The Bertz CT molecular complexity index is 123. The quantitative estimate of drug-likeness (QED) is 0.588. The molecule has 0 aromatic rings. The maximum atomic E-state index is 5.18. The van der Waals surface area contributed by atoms with Crippen molar-refractivity contribution in [2.45, 2.75) is 39.7 Å². The Morgan fingerprint density at radius 1 is 1.45 bits per heavy atom. The summed E-state index contributed by atoms with van der Waals surface area (Å²) >= 11 is 5.18. The zero-order valence-electron chi connectivity index (χ0n) is 8.05. The van der Waals surface area contributed by atoms with Crippen LogP contribution in [0.25, 0.3) is 0 Å². The molecule has 0 fully saturated rings. The molecule has 1 unspecified atom stereocenters. The van der Waals surface area contributed by atoms with E-state index in [1.165, 1.54) is 12.8 Å². The van der Waals surface area contributed by atoms with Crippen LogP contribution in [0.2, 0.25) is 0 Å². The Morgan fingerprint density at radius 2 is 2.00 bits per heavy atom. The lowest BCUT2D eigenvalue weighted by Crippen LogP contribution is -2.36. The predicted octanol–water partition coefficient (Wildman–Crippen LogP) is 2.50. The maximum absolute atomic E-state index is 5.18. The Hall–Kier alpha value is 0.0500. The molecule has 0 saturated carbocycles. The first-order valence-electron chi connectivity index (χ1n) is 4.34. The second-order valence-corrected chi connectivity index (χ2v) is 3.63. The number of nitrogens with zero attached hydrogens (tertiary/aromatic N) is 1. The Balaban J connectivity index is 3.97. The van der Waals surface area contributed by atoms with Gasteiger partial charge in [-0.1, -0.05) is 32.5 Å². The van der Waals surface area contributed by atoms with Gasteiger partial charge < -0.3 is 0 Å². The molecule has 0 amide bonds. The molecule has 1 atom stereocenters. The standard InChI is InChI=1S/C9H19NS/c1-5-7-9(8(3)11)10(4)6-2/h9H,5-7H2,1-4H3. The van der Waals surface area contributed by atoms with Gasteiger partial charge in [-0.05, 0) is 26.9 Å². The van der Waals surface area contributed by atoms with Crippen molar-refractivity contribution in [3.05, 3.63) is 0 Å². The SMILES string of the molecule is CCCC(C(C)=S)N(C)CC. The summed E-state index contributed by atoms with van der Waals surface area (Å²) in [5, 5.41) is 0. The zero-order chi connectivity index (χ0) is 8.85. The lowest BCUT2D eigenvalue weighted by atomic mass is 10.1. The molecule has 0 saturated heterocycles. The van der Waals surface area contributed by atoms with Crippen LogP contribution >= 0.6 is 12.2 Å². The monoisotopic (exact) mass is 173 g/mol. The highest BCUT2D eigenvalue weighted by atomic mass is 32.1.